The molecule has 18 heavy (non-hydrogen) atoms. The summed E-state index contributed by atoms with van der Waals surface area (Å²) in [7, 11) is 3.64. The zero-order chi connectivity index (χ0) is 12.7. The Balaban J connectivity index is 2.31. The number of fused-ring (bicyclic) bond motifs is 1. The average Bonchev–Trinajstić information content (AvgIpc) is 2.95. The molecule has 0 saturated heterocycles. The maximum absolute atomic E-state index is 5.74. The van der Waals surface area contributed by atoms with E-state index in [0.717, 1.165) is 27.8 Å². The van der Waals surface area contributed by atoms with Crippen LogP contribution in [0.2, 0.25) is 0 Å². The van der Waals surface area contributed by atoms with E-state index in [0.29, 0.717) is 5.88 Å². The first-order valence-corrected chi connectivity index (χ1v) is 5.54. The summed E-state index contributed by atoms with van der Waals surface area (Å²) < 4.78 is 12.3. The molecule has 0 atom stereocenters. The van der Waals surface area contributed by atoms with Crippen LogP contribution in [0.1, 0.15) is 0 Å². The number of hydrogen-bond acceptors (Lipinski definition) is 4. The summed E-state index contributed by atoms with van der Waals surface area (Å²) in [5.41, 5.74) is 8.52. The second-order valence-electron chi connectivity index (χ2n) is 4.14. The Kier molecular flexibility index (Phi) is 2.26. The van der Waals surface area contributed by atoms with Gasteiger partial charge >= 0.3 is 0 Å². The topological polar surface area (TPSA) is 66.2 Å². The van der Waals surface area contributed by atoms with Gasteiger partial charge < -0.3 is 19.6 Å². The molecule has 0 bridgehead atoms. The highest BCUT2D eigenvalue weighted by molar-refractivity contribution is 5.92. The van der Waals surface area contributed by atoms with E-state index in [1.165, 1.54) is 0 Å². The fourth-order valence-corrected chi connectivity index (χ4v) is 2.13. The quantitative estimate of drug-likeness (QED) is 0.750. The minimum absolute atomic E-state index is 0.311. The molecule has 0 aliphatic rings. The number of methoxy groups -OCH3 is 1. The van der Waals surface area contributed by atoms with Crippen molar-refractivity contribution in [1.82, 2.24) is 9.72 Å². The van der Waals surface area contributed by atoms with E-state index < -0.39 is 0 Å². The van der Waals surface area contributed by atoms with Crippen molar-refractivity contribution in [2.45, 2.75) is 0 Å². The van der Waals surface area contributed by atoms with Crippen LogP contribution in [0, 0.1) is 0 Å². The molecular formula is C13H13N3O2. The molecular weight excluding hydrogens is 230 g/mol. The molecule has 1 aromatic carbocycles. The first-order valence-electron chi connectivity index (χ1n) is 5.54. The number of nitrogen functional groups attached to an aromatic ring is 1. The second-order valence-corrected chi connectivity index (χ2v) is 4.14. The highest BCUT2D eigenvalue weighted by atomic mass is 16.5. The lowest BCUT2D eigenvalue weighted by Crippen LogP contribution is -1.90. The Morgan fingerprint density at radius 1 is 1.39 bits per heavy atom. The summed E-state index contributed by atoms with van der Waals surface area (Å²) in [5, 5.41) is 4.76. The zero-order valence-corrected chi connectivity index (χ0v) is 10.2. The molecule has 0 aliphatic carbocycles. The number of nitrogens with two attached hydrogens (primary N) is 1. The van der Waals surface area contributed by atoms with Gasteiger partial charge in [-0.15, -0.1) is 0 Å². The smallest absolute Gasteiger partial charge is 0.229 e. The van der Waals surface area contributed by atoms with E-state index in [4.69, 9.17) is 15.0 Å². The minimum Gasteiger partial charge on any atom is -0.496 e. The minimum atomic E-state index is 0.311. The van der Waals surface area contributed by atoms with Gasteiger partial charge in [-0.1, -0.05) is 5.16 Å². The van der Waals surface area contributed by atoms with Crippen LogP contribution in [-0.2, 0) is 7.05 Å². The monoisotopic (exact) mass is 243 g/mol. The SMILES string of the molecule is COc1cc(-c2cnoc2N)cc2c1ccn2C. The highest BCUT2D eigenvalue weighted by Crippen LogP contribution is 2.34. The fraction of sp³-hybridized carbons (Fsp3) is 0.154. The number of ether oxygens (including phenoxy) is 1. The van der Waals surface area contributed by atoms with Crippen LogP contribution in [0.25, 0.3) is 22.0 Å². The molecule has 0 radical (unpaired) electrons. The highest BCUT2D eigenvalue weighted by Gasteiger charge is 2.12. The second kappa shape index (κ2) is 3.80. The number of hydrogen-bond donors (Lipinski definition) is 1. The Morgan fingerprint density at radius 2 is 2.22 bits per heavy atom. The van der Waals surface area contributed by atoms with Crippen LogP contribution >= 0.6 is 0 Å². The third-order valence-electron chi connectivity index (χ3n) is 3.09. The maximum atomic E-state index is 5.74. The predicted molar refractivity (Wildman–Crippen MR) is 69.4 cm³/mol. The van der Waals surface area contributed by atoms with E-state index in [1.807, 2.05) is 36.0 Å². The van der Waals surface area contributed by atoms with Crippen LogP contribution in [-0.4, -0.2) is 16.8 Å². The number of benzene rings is 1. The predicted octanol–water partition coefficient (Wildman–Crippen LogP) is 2.42. The van der Waals surface area contributed by atoms with Crippen LogP contribution in [0.4, 0.5) is 5.88 Å². The fourth-order valence-electron chi connectivity index (χ4n) is 2.13. The maximum Gasteiger partial charge on any atom is 0.229 e. The van der Waals surface area contributed by atoms with Gasteiger partial charge in [0.15, 0.2) is 0 Å². The molecule has 0 spiro atoms. The summed E-state index contributed by atoms with van der Waals surface area (Å²) in [6, 6.07) is 6.00. The number of nitrogens with zero attached hydrogens (tertiary/aromatic N) is 2. The summed E-state index contributed by atoms with van der Waals surface area (Å²) >= 11 is 0. The van der Waals surface area contributed by atoms with Gasteiger partial charge in [0, 0.05) is 18.6 Å². The van der Waals surface area contributed by atoms with E-state index >= 15 is 0 Å². The molecule has 0 saturated carbocycles. The lowest BCUT2D eigenvalue weighted by atomic mass is 10.1. The zero-order valence-electron chi connectivity index (χ0n) is 10.2. The molecule has 3 aromatic rings. The van der Waals surface area contributed by atoms with Crippen LogP contribution in [0.3, 0.4) is 0 Å². The first kappa shape index (κ1) is 10.7. The van der Waals surface area contributed by atoms with Crippen molar-refractivity contribution >= 4 is 16.8 Å². The molecule has 5 nitrogen and oxygen atoms in total. The van der Waals surface area contributed by atoms with Gasteiger partial charge in [-0.2, -0.15) is 0 Å². The van der Waals surface area contributed by atoms with Gasteiger partial charge in [-0.3, -0.25) is 0 Å². The van der Waals surface area contributed by atoms with Crippen molar-refractivity contribution in [3.05, 3.63) is 30.6 Å². The standard InChI is InChI=1S/C13H13N3O2/c1-16-4-3-9-11(16)5-8(6-12(9)17-2)10-7-15-18-13(10)14/h3-7H,14H2,1-2H3. The number of anilines is 1. The molecule has 0 unspecified atom stereocenters. The molecule has 3 rings (SSSR count). The Labute approximate surface area is 104 Å². The third-order valence-corrected chi connectivity index (χ3v) is 3.09. The van der Waals surface area contributed by atoms with E-state index in [-0.39, 0.29) is 0 Å². The van der Waals surface area contributed by atoms with Gasteiger partial charge in [0.1, 0.15) is 5.75 Å². The van der Waals surface area contributed by atoms with E-state index in [2.05, 4.69) is 5.16 Å². The van der Waals surface area contributed by atoms with Gasteiger partial charge in [0.25, 0.3) is 0 Å². The van der Waals surface area contributed by atoms with Crippen molar-refractivity contribution < 1.29 is 9.26 Å². The molecule has 2 heterocycles. The Bertz CT molecular complexity index is 712. The van der Waals surface area contributed by atoms with Gasteiger partial charge in [0.05, 0.1) is 24.4 Å². The number of rotatable bonds is 2. The van der Waals surface area contributed by atoms with Crippen molar-refractivity contribution in [1.29, 1.82) is 0 Å². The van der Waals surface area contributed by atoms with Crippen molar-refractivity contribution in [2.75, 3.05) is 12.8 Å². The van der Waals surface area contributed by atoms with Gasteiger partial charge in [0.2, 0.25) is 5.88 Å². The lowest BCUT2D eigenvalue weighted by molar-refractivity contribution is 0.420. The van der Waals surface area contributed by atoms with E-state index in [9.17, 15) is 0 Å². The molecule has 92 valence electrons. The Morgan fingerprint density at radius 3 is 2.89 bits per heavy atom. The normalized spacial score (nSPS) is 11.0. The third kappa shape index (κ3) is 1.44. The van der Waals surface area contributed by atoms with Crippen molar-refractivity contribution in [3.8, 4) is 16.9 Å². The number of aromatic nitrogens is 2. The number of aryl methyl sites for hydroxylation is 1. The molecule has 0 fully saturated rings. The summed E-state index contributed by atoms with van der Waals surface area (Å²) in [6.45, 7) is 0. The molecule has 2 N–H and O–H groups in total. The van der Waals surface area contributed by atoms with Gasteiger partial charge in [-0.25, -0.2) is 0 Å². The molecule has 0 amide bonds. The lowest BCUT2D eigenvalue weighted by Gasteiger charge is -2.07. The van der Waals surface area contributed by atoms with Crippen LogP contribution in [0.15, 0.2) is 35.1 Å². The van der Waals surface area contributed by atoms with Crippen LogP contribution < -0.4 is 10.5 Å². The Hall–Kier alpha value is -2.43. The summed E-state index contributed by atoms with van der Waals surface area (Å²) in [6.07, 6.45) is 3.60. The van der Waals surface area contributed by atoms with Crippen molar-refractivity contribution in [2.24, 2.45) is 7.05 Å². The molecule has 2 aromatic heterocycles. The van der Waals surface area contributed by atoms with Crippen molar-refractivity contribution in [3.63, 3.8) is 0 Å². The van der Waals surface area contributed by atoms with E-state index in [1.54, 1.807) is 13.3 Å². The molecule has 0 aliphatic heterocycles. The summed E-state index contributed by atoms with van der Waals surface area (Å²) in [5.74, 6) is 1.12. The summed E-state index contributed by atoms with van der Waals surface area (Å²) in [4.78, 5) is 0. The molecule has 5 heteroatoms. The van der Waals surface area contributed by atoms with Crippen LogP contribution in [0.5, 0.6) is 5.75 Å². The first-order chi connectivity index (χ1) is 8.70. The van der Waals surface area contributed by atoms with Gasteiger partial charge in [-0.05, 0) is 23.8 Å². The average molecular weight is 243 g/mol. The largest absolute Gasteiger partial charge is 0.496 e.